The largest absolute Gasteiger partial charge is 0.365 e. The molecule has 0 saturated carbocycles. The third-order valence-electron chi connectivity index (χ3n) is 4.62. The first-order chi connectivity index (χ1) is 14.0. The van der Waals surface area contributed by atoms with Crippen LogP contribution in [0.15, 0.2) is 34.0 Å². The summed E-state index contributed by atoms with van der Waals surface area (Å²) in [6.45, 7) is 0. The number of aromatic nitrogens is 1. The minimum Gasteiger partial charge on any atom is -0.365 e. The van der Waals surface area contributed by atoms with E-state index in [2.05, 4.69) is 10.3 Å². The molecular weight excluding hydrogens is 429 g/mol. The zero-order valence-electron chi connectivity index (χ0n) is 15.4. The molecule has 0 saturated heterocycles. The molecule has 0 atom stereocenters. The van der Waals surface area contributed by atoms with E-state index < -0.39 is 5.91 Å². The summed E-state index contributed by atoms with van der Waals surface area (Å²) in [5.41, 5.74) is 8.62. The molecule has 3 aromatic rings. The number of hydrogen-bond acceptors (Lipinski definition) is 6. The molecule has 0 unspecified atom stereocenters. The summed E-state index contributed by atoms with van der Waals surface area (Å²) in [7, 11) is 0. The molecule has 3 N–H and O–H groups in total. The molecule has 2 aromatic heterocycles. The number of anilines is 1. The first kappa shape index (κ1) is 20.1. The Labute approximate surface area is 179 Å². The lowest BCUT2D eigenvalue weighted by molar-refractivity contribution is -0.113. The van der Waals surface area contributed by atoms with Crippen LogP contribution in [0.5, 0.6) is 0 Å². The van der Waals surface area contributed by atoms with Crippen molar-refractivity contribution in [2.75, 3.05) is 11.1 Å². The van der Waals surface area contributed by atoms with Crippen LogP contribution in [0.25, 0.3) is 11.3 Å². The standard InChI is InChI=1S/C20H18FN3O2S3/c21-12-7-5-11(6-8-12)14-9-27-20(23-14)28-10-16(25)24-19-17(18(22)26)13-3-1-2-4-15(13)29-19/h5-9H,1-4,10H2,(H2,22,26)(H,24,25). The topological polar surface area (TPSA) is 85.1 Å². The van der Waals surface area contributed by atoms with E-state index in [0.717, 1.165) is 51.7 Å². The molecule has 29 heavy (non-hydrogen) atoms. The van der Waals surface area contributed by atoms with E-state index in [0.29, 0.717) is 10.6 Å². The average Bonchev–Trinajstić information content (AvgIpc) is 3.31. The van der Waals surface area contributed by atoms with Gasteiger partial charge in [0.25, 0.3) is 5.91 Å². The molecule has 0 aliphatic heterocycles. The van der Waals surface area contributed by atoms with Crippen molar-refractivity contribution in [3.63, 3.8) is 0 Å². The number of benzene rings is 1. The number of aryl methyl sites for hydroxylation is 1. The molecule has 2 amide bonds. The highest BCUT2D eigenvalue weighted by Gasteiger charge is 2.25. The van der Waals surface area contributed by atoms with E-state index in [4.69, 9.17) is 5.73 Å². The Morgan fingerprint density at radius 1 is 1.21 bits per heavy atom. The molecule has 1 aromatic carbocycles. The fourth-order valence-electron chi connectivity index (χ4n) is 3.28. The van der Waals surface area contributed by atoms with Crippen molar-refractivity contribution in [3.05, 3.63) is 51.5 Å². The third kappa shape index (κ3) is 4.52. The molecule has 150 valence electrons. The Morgan fingerprint density at radius 3 is 2.72 bits per heavy atom. The monoisotopic (exact) mass is 447 g/mol. The van der Waals surface area contributed by atoms with Crippen molar-refractivity contribution >= 4 is 51.3 Å². The van der Waals surface area contributed by atoms with Gasteiger partial charge < -0.3 is 11.1 Å². The Bertz CT molecular complexity index is 1060. The van der Waals surface area contributed by atoms with Gasteiger partial charge in [0.05, 0.1) is 17.0 Å². The first-order valence-corrected chi connectivity index (χ1v) is 11.8. The number of carbonyl (C=O) groups is 2. The minimum atomic E-state index is -0.490. The fourth-order valence-corrected chi connectivity index (χ4v) is 6.23. The summed E-state index contributed by atoms with van der Waals surface area (Å²) < 4.78 is 13.8. The van der Waals surface area contributed by atoms with Gasteiger partial charge in [0, 0.05) is 15.8 Å². The Kier molecular flexibility index (Phi) is 5.98. The maximum Gasteiger partial charge on any atom is 0.251 e. The lowest BCUT2D eigenvalue weighted by Gasteiger charge is -2.11. The third-order valence-corrected chi connectivity index (χ3v) is 7.85. The maximum absolute atomic E-state index is 13.1. The second-order valence-electron chi connectivity index (χ2n) is 6.62. The molecular formula is C20H18FN3O2S3. The zero-order valence-corrected chi connectivity index (χ0v) is 17.8. The number of halogens is 1. The Balaban J connectivity index is 1.40. The van der Waals surface area contributed by atoms with Gasteiger partial charge in [-0.15, -0.1) is 22.7 Å². The summed E-state index contributed by atoms with van der Waals surface area (Å²) in [5.74, 6) is -0.802. The summed E-state index contributed by atoms with van der Waals surface area (Å²) in [6, 6.07) is 6.14. The number of amides is 2. The van der Waals surface area contributed by atoms with E-state index in [9.17, 15) is 14.0 Å². The lowest BCUT2D eigenvalue weighted by atomic mass is 9.95. The molecule has 4 rings (SSSR count). The van der Waals surface area contributed by atoms with Gasteiger partial charge in [-0.1, -0.05) is 11.8 Å². The number of thiophene rings is 1. The second kappa shape index (κ2) is 8.64. The van der Waals surface area contributed by atoms with E-state index >= 15 is 0 Å². The van der Waals surface area contributed by atoms with Crippen molar-refractivity contribution in [1.82, 2.24) is 4.98 Å². The molecule has 5 nitrogen and oxygen atoms in total. The van der Waals surface area contributed by atoms with Crippen LogP contribution in [-0.2, 0) is 17.6 Å². The van der Waals surface area contributed by atoms with Crippen LogP contribution in [0.1, 0.15) is 33.6 Å². The number of hydrogen-bond donors (Lipinski definition) is 2. The van der Waals surface area contributed by atoms with Crippen LogP contribution in [0.2, 0.25) is 0 Å². The predicted molar refractivity (Wildman–Crippen MR) is 116 cm³/mol. The van der Waals surface area contributed by atoms with Crippen molar-refractivity contribution in [1.29, 1.82) is 0 Å². The number of thioether (sulfide) groups is 1. The van der Waals surface area contributed by atoms with E-state index in [1.807, 2.05) is 5.38 Å². The molecule has 0 bridgehead atoms. The van der Waals surface area contributed by atoms with Gasteiger partial charge in [-0.05, 0) is 55.5 Å². The zero-order chi connectivity index (χ0) is 20.4. The Morgan fingerprint density at radius 2 is 1.97 bits per heavy atom. The van der Waals surface area contributed by atoms with Crippen LogP contribution >= 0.6 is 34.4 Å². The summed E-state index contributed by atoms with van der Waals surface area (Å²) in [6.07, 6.45) is 3.89. The SMILES string of the molecule is NC(=O)c1c(NC(=O)CSc2nc(-c3ccc(F)cc3)cs2)sc2c1CCCC2. The van der Waals surface area contributed by atoms with E-state index in [1.54, 1.807) is 12.1 Å². The van der Waals surface area contributed by atoms with Crippen molar-refractivity contribution in [3.8, 4) is 11.3 Å². The van der Waals surface area contributed by atoms with Gasteiger partial charge in [-0.25, -0.2) is 9.37 Å². The Hall–Kier alpha value is -2.23. The molecule has 1 aliphatic carbocycles. The number of rotatable bonds is 6. The summed E-state index contributed by atoms with van der Waals surface area (Å²) in [4.78, 5) is 30.0. The van der Waals surface area contributed by atoms with Gasteiger partial charge >= 0.3 is 0 Å². The molecule has 0 fully saturated rings. The predicted octanol–water partition coefficient (Wildman–Crippen LogP) is 4.72. The molecule has 2 heterocycles. The molecule has 9 heteroatoms. The van der Waals surface area contributed by atoms with Gasteiger partial charge in [0.2, 0.25) is 5.91 Å². The number of fused-ring (bicyclic) bond motifs is 1. The van der Waals surface area contributed by atoms with E-state index in [1.165, 1.54) is 46.6 Å². The van der Waals surface area contributed by atoms with Gasteiger partial charge in [0.15, 0.2) is 4.34 Å². The molecule has 0 radical (unpaired) electrons. The highest BCUT2D eigenvalue weighted by Crippen LogP contribution is 2.38. The number of nitrogens with one attached hydrogen (secondary N) is 1. The highest BCUT2D eigenvalue weighted by atomic mass is 32.2. The number of primary amides is 1. The van der Waals surface area contributed by atoms with Crippen LogP contribution in [0, 0.1) is 5.82 Å². The summed E-state index contributed by atoms with van der Waals surface area (Å²) >= 11 is 4.22. The fraction of sp³-hybridized carbons (Fsp3) is 0.250. The van der Waals surface area contributed by atoms with Crippen molar-refractivity contribution in [2.45, 2.75) is 30.0 Å². The lowest BCUT2D eigenvalue weighted by Crippen LogP contribution is -2.19. The number of nitrogens with two attached hydrogens (primary N) is 1. The first-order valence-electron chi connectivity index (χ1n) is 9.09. The van der Waals surface area contributed by atoms with E-state index in [-0.39, 0.29) is 17.5 Å². The maximum atomic E-state index is 13.1. The molecule has 0 spiro atoms. The highest BCUT2D eigenvalue weighted by molar-refractivity contribution is 8.01. The minimum absolute atomic E-state index is 0.178. The van der Waals surface area contributed by atoms with Crippen LogP contribution < -0.4 is 11.1 Å². The smallest absolute Gasteiger partial charge is 0.251 e. The average molecular weight is 448 g/mol. The van der Waals surface area contributed by atoms with Gasteiger partial charge in [-0.3, -0.25) is 9.59 Å². The number of nitrogens with zero attached hydrogens (tertiary/aromatic N) is 1. The van der Waals surface area contributed by atoms with Crippen LogP contribution in [0.3, 0.4) is 0 Å². The van der Waals surface area contributed by atoms with Crippen molar-refractivity contribution < 1.29 is 14.0 Å². The van der Waals surface area contributed by atoms with Crippen molar-refractivity contribution in [2.24, 2.45) is 5.73 Å². The number of carbonyl (C=O) groups excluding carboxylic acids is 2. The summed E-state index contributed by atoms with van der Waals surface area (Å²) in [5, 5.41) is 5.29. The van der Waals surface area contributed by atoms with Crippen LogP contribution in [-0.4, -0.2) is 22.6 Å². The second-order valence-corrected chi connectivity index (χ2v) is 9.81. The van der Waals surface area contributed by atoms with Gasteiger partial charge in [0.1, 0.15) is 10.8 Å². The molecule has 1 aliphatic rings. The quantitative estimate of drug-likeness (QED) is 0.536. The van der Waals surface area contributed by atoms with Gasteiger partial charge in [-0.2, -0.15) is 0 Å². The normalized spacial score (nSPS) is 13.1. The van der Waals surface area contributed by atoms with Crippen LogP contribution in [0.4, 0.5) is 9.39 Å². The number of thiazole rings is 1.